The Kier molecular flexibility index (Phi) is 27.6. The van der Waals surface area contributed by atoms with E-state index >= 15 is 0 Å². The number of carbonyl (C=O) groups excluding carboxylic acids is 1. The number of hydrogen-bond acceptors (Lipinski definition) is 4. The van der Waals surface area contributed by atoms with Crippen LogP contribution in [0.2, 0.25) is 0 Å². The lowest BCUT2D eigenvalue weighted by Crippen LogP contribution is -2.31. The fraction of sp³-hybridized carbons (Fsp3) is 0.963. The molecule has 198 valence electrons. The molecule has 0 aromatic heterocycles. The maximum Gasteiger partial charge on any atom is 0.407 e. The van der Waals surface area contributed by atoms with Crippen molar-refractivity contribution in [2.45, 2.75) is 129 Å². The van der Waals surface area contributed by atoms with Gasteiger partial charge in [0.15, 0.2) is 0 Å². The fourth-order valence-electron chi connectivity index (χ4n) is 3.78. The molecule has 0 heterocycles. The minimum absolute atomic E-state index is 0.213. The van der Waals surface area contributed by atoms with Crippen LogP contribution in [-0.4, -0.2) is 51.0 Å². The lowest BCUT2D eigenvalue weighted by molar-refractivity contribution is -0.0245. The molecule has 1 N–H and O–H groups in total. The number of rotatable bonds is 26. The first-order valence-corrected chi connectivity index (χ1v) is 14.9. The van der Waals surface area contributed by atoms with Crippen LogP contribution < -0.4 is 5.32 Å². The number of nitrogens with one attached hydrogen (secondary N) is 1. The topological polar surface area (TPSA) is 56.8 Å². The van der Waals surface area contributed by atoms with Gasteiger partial charge in [0.2, 0.25) is 0 Å². The van der Waals surface area contributed by atoms with Crippen molar-refractivity contribution in [3.63, 3.8) is 0 Å². The van der Waals surface area contributed by atoms with Gasteiger partial charge in [-0.1, -0.05) is 119 Å². The molecule has 1 unspecified atom stereocenters. The van der Waals surface area contributed by atoms with Gasteiger partial charge in [-0.15, -0.1) is 0 Å². The molecule has 1 atom stereocenters. The Balaban J connectivity index is 3.31. The van der Waals surface area contributed by atoms with Gasteiger partial charge in [0, 0.05) is 25.6 Å². The average Bonchev–Trinajstić information content (AvgIpc) is 2.82. The highest BCUT2D eigenvalue weighted by molar-refractivity contribution is 9.09. The van der Waals surface area contributed by atoms with E-state index in [0.29, 0.717) is 19.8 Å². The van der Waals surface area contributed by atoms with Crippen LogP contribution in [0.15, 0.2) is 0 Å². The smallest absolute Gasteiger partial charge is 0.407 e. The molecule has 0 spiro atoms. The van der Waals surface area contributed by atoms with Gasteiger partial charge in [-0.25, -0.2) is 4.79 Å². The van der Waals surface area contributed by atoms with Gasteiger partial charge in [-0.2, -0.15) is 0 Å². The summed E-state index contributed by atoms with van der Waals surface area (Å²) < 4.78 is 16.1. The third-order valence-electron chi connectivity index (χ3n) is 6.01. The molecule has 0 rings (SSSR count). The molecule has 0 aromatic carbocycles. The lowest BCUT2D eigenvalue weighted by atomic mass is 10.0. The van der Waals surface area contributed by atoms with Crippen LogP contribution in [0.1, 0.15) is 122 Å². The monoisotopic (exact) mass is 535 g/mol. The molecular weight excluding hydrogens is 482 g/mol. The summed E-state index contributed by atoms with van der Waals surface area (Å²) in [5.74, 6) is 0. The number of carbonyl (C=O) groups is 1. The van der Waals surface area contributed by atoms with Crippen LogP contribution in [0.5, 0.6) is 0 Å². The predicted octanol–water partition coefficient (Wildman–Crippen LogP) is 8.18. The summed E-state index contributed by atoms with van der Waals surface area (Å²) in [7, 11) is 1.62. The Labute approximate surface area is 213 Å². The van der Waals surface area contributed by atoms with Gasteiger partial charge in [0.25, 0.3) is 0 Å². The molecule has 1 amide bonds. The number of hydrogen-bond donors (Lipinski definition) is 1. The van der Waals surface area contributed by atoms with E-state index in [1.54, 1.807) is 7.11 Å². The summed E-state index contributed by atoms with van der Waals surface area (Å²) in [5.41, 5.74) is 0. The fourth-order valence-corrected chi connectivity index (χ4v) is 4.18. The summed E-state index contributed by atoms with van der Waals surface area (Å²) in [6.07, 6.45) is 23.2. The van der Waals surface area contributed by atoms with Crippen molar-refractivity contribution in [2.75, 3.05) is 38.8 Å². The molecule has 0 fully saturated rings. The van der Waals surface area contributed by atoms with Gasteiger partial charge >= 0.3 is 6.09 Å². The van der Waals surface area contributed by atoms with Crippen molar-refractivity contribution >= 4 is 22.0 Å². The van der Waals surface area contributed by atoms with Gasteiger partial charge < -0.3 is 19.5 Å². The zero-order valence-electron chi connectivity index (χ0n) is 21.9. The first kappa shape index (κ1) is 32.7. The van der Waals surface area contributed by atoms with E-state index in [9.17, 15) is 4.79 Å². The first-order chi connectivity index (χ1) is 16.2. The van der Waals surface area contributed by atoms with Crippen LogP contribution in [0.25, 0.3) is 0 Å². The molecule has 0 aliphatic carbocycles. The van der Waals surface area contributed by atoms with E-state index in [1.807, 2.05) is 0 Å². The summed E-state index contributed by atoms with van der Waals surface area (Å²) in [6, 6.07) is 0. The van der Waals surface area contributed by atoms with Gasteiger partial charge in [0.05, 0.1) is 6.61 Å². The molecule has 0 saturated heterocycles. The normalized spacial score (nSPS) is 12.1. The van der Waals surface area contributed by atoms with Gasteiger partial charge in [-0.3, -0.25) is 0 Å². The molecule has 33 heavy (non-hydrogen) atoms. The largest absolute Gasteiger partial charge is 0.447 e. The van der Waals surface area contributed by atoms with Crippen LogP contribution >= 0.6 is 15.9 Å². The third kappa shape index (κ3) is 26.1. The Bertz CT molecular complexity index is 398. The molecule has 6 heteroatoms. The van der Waals surface area contributed by atoms with Crippen molar-refractivity contribution < 1.29 is 19.0 Å². The van der Waals surface area contributed by atoms with Crippen molar-refractivity contribution in [3.8, 4) is 0 Å². The molecule has 5 nitrogen and oxygen atoms in total. The zero-order chi connectivity index (χ0) is 24.2. The van der Waals surface area contributed by atoms with E-state index in [1.165, 1.54) is 96.3 Å². The standard InChI is InChI=1S/C27H54BrNO4/c1-3-4-5-6-7-8-9-10-11-12-13-14-15-16-17-19-22-29-27(30)33-25-26(31-2)24-32-23-20-18-21-28/h26H,3-25H2,1-2H3,(H,29,30). The van der Waals surface area contributed by atoms with E-state index in [2.05, 4.69) is 28.2 Å². The van der Waals surface area contributed by atoms with Crippen LogP contribution in [0, 0.1) is 0 Å². The number of alkyl carbamates (subject to hydrolysis) is 1. The average molecular weight is 537 g/mol. The summed E-state index contributed by atoms with van der Waals surface area (Å²) in [4.78, 5) is 11.8. The van der Waals surface area contributed by atoms with Crippen molar-refractivity contribution in [1.29, 1.82) is 0 Å². The molecule has 0 saturated carbocycles. The highest BCUT2D eigenvalue weighted by Gasteiger charge is 2.11. The second-order valence-corrected chi connectivity index (χ2v) is 9.95. The maximum atomic E-state index is 11.8. The summed E-state index contributed by atoms with van der Waals surface area (Å²) >= 11 is 3.40. The second kappa shape index (κ2) is 27.9. The molecule has 0 aliphatic heterocycles. The zero-order valence-corrected chi connectivity index (χ0v) is 23.4. The first-order valence-electron chi connectivity index (χ1n) is 13.8. The lowest BCUT2D eigenvalue weighted by Gasteiger charge is -2.16. The number of halogens is 1. The Morgan fingerprint density at radius 3 is 1.73 bits per heavy atom. The molecule has 0 aliphatic rings. The predicted molar refractivity (Wildman–Crippen MR) is 144 cm³/mol. The Morgan fingerprint density at radius 2 is 1.24 bits per heavy atom. The van der Waals surface area contributed by atoms with E-state index < -0.39 is 0 Å². The van der Waals surface area contributed by atoms with Gasteiger partial charge in [0.1, 0.15) is 12.7 Å². The van der Waals surface area contributed by atoms with Crippen LogP contribution in [0.4, 0.5) is 4.79 Å². The van der Waals surface area contributed by atoms with Crippen LogP contribution in [-0.2, 0) is 14.2 Å². The van der Waals surface area contributed by atoms with Crippen LogP contribution in [0.3, 0.4) is 0 Å². The summed E-state index contributed by atoms with van der Waals surface area (Å²) in [5, 5.41) is 3.83. The van der Waals surface area contributed by atoms with Crippen molar-refractivity contribution in [2.24, 2.45) is 0 Å². The van der Waals surface area contributed by atoms with E-state index in [0.717, 1.165) is 24.6 Å². The van der Waals surface area contributed by atoms with Gasteiger partial charge in [-0.05, 0) is 19.3 Å². The number of amides is 1. The number of alkyl halides is 1. The minimum atomic E-state index is -0.364. The van der Waals surface area contributed by atoms with E-state index in [-0.39, 0.29) is 18.8 Å². The maximum absolute atomic E-state index is 11.8. The van der Waals surface area contributed by atoms with Crippen molar-refractivity contribution in [3.05, 3.63) is 0 Å². The highest BCUT2D eigenvalue weighted by Crippen LogP contribution is 2.13. The molecule has 0 radical (unpaired) electrons. The quantitative estimate of drug-likeness (QED) is 0.0895. The Hall–Kier alpha value is -0.330. The van der Waals surface area contributed by atoms with Crippen molar-refractivity contribution in [1.82, 2.24) is 5.32 Å². The summed E-state index contributed by atoms with van der Waals surface area (Å²) in [6.45, 7) is 4.34. The number of unbranched alkanes of at least 4 members (excludes halogenated alkanes) is 16. The number of methoxy groups -OCH3 is 1. The minimum Gasteiger partial charge on any atom is -0.447 e. The highest BCUT2D eigenvalue weighted by atomic mass is 79.9. The molecule has 0 bridgehead atoms. The molecule has 0 aromatic rings. The SMILES string of the molecule is CCCCCCCCCCCCCCCCCCNC(=O)OCC(COCCCCBr)OC. The molecular formula is C27H54BrNO4. The van der Waals surface area contributed by atoms with E-state index in [4.69, 9.17) is 14.2 Å². The Morgan fingerprint density at radius 1 is 0.727 bits per heavy atom. The number of ether oxygens (including phenoxy) is 3. The third-order valence-corrected chi connectivity index (χ3v) is 6.57. The second-order valence-electron chi connectivity index (χ2n) is 9.16.